The van der Waals surface area contributed by atoms with E-state index in [1.807, 2.05) is 20.1 Å². The standard InChI is InChI=1S/C36H55N7O11S/c1-20(2)16-24(33(51)41-23(32(37)50)14-15-55-6)40-28(45)19-38-35(53)31(21(3)4)43(5)36(54)26(17-22-10-8-7-9-11-22)42-34(52)25(18-30(48)49)39-27(44)12-13-29(46)47/h7-11,20-21,23-26,31H,12-19H2,1-6H3,(H2,37,50)(H,38,53)(H,39,44)(H,40,45)(H,41,51)(H,42,52)(H,46,47)(H,48,49)/t23-,24-,25-,26-,31-/m0/s1. The molecule has 0 saturated carbocycles. The average molecular weight is 794 g/mol. The third kappa shape index (κ3) is 18.1. The third-order valence-corrected chi connectivity index (χ3v) is 8.86. The van der Waals surface area contributed by atoms with Crippen molar-refractivity contribution >= 4 is 65.1 Å². The Morgan fingerprint density at radius 1 is 0.745 bits per heavy atom. The van der Waals surface area contributed by atoms with Gasteiger partial charge in [0.05, 0.1) is 19.4 Å². The highest BCUT2D eigenvalue weighted by Gasteiger charge is 2.36. The number of aliphatic carboxylic acids is 2. The maximum atomic E-state index is 14.0. The fourth-order valence-corrected chi connectivity index (χ4v) is 5.99. The molecule has 18 nitrogen and oxygen atoms in total. The first-order valence-corrected chi connectivity index (χ1v) is 19.2. The molecule has 1 rings (SSSR count). The number of nitrogens with two attached hydrogens (primary N) is 1. The molecule has 19 heteroatoms. The summed E-state index contributed by atoms with van der Waals surface area (Å²) >= 11 is 1.47. The number of thioether (sulfide) groups is 1. The first-order valence-electron chi connectivity index (χ1n) is 17.8. The summed E-state index contributed by atoms with van der Waals surface area (Å²) in [4.78, 5) is 115. The van der Waals surface area contributed by atoms with Crippen molar-refractivity contribution in [1.29, 1.82) is 0 Å². The SMILES string of the molecule is CSCC[C@H](NC(=O)[C@H](CC(C)C)NC(=O)CNC(=O)[C@H](C(C)C)N(C)C(=O)[C@H](Cc1ccccc1)NC(=O)[C@H](CC(=O)O)NC(=O)CCC(=O)O)C(N)=O. The summed E-state index contributed by atoms with van der Waals surface area (Å²) < 4.78 is 0. The van der Waals surface area contributed by atoms with Gasteiger partial charge in [0.1, 0.15) is 30.2 Å². The minimum atomic E-state index is -1.66. The van der Waals surface area contributed by atoms with Crippen LogP contribution < -0.4 is 32.3 Å². The summed E-state index contributed by atoms with van der Waals surface area (Å²) in [5.41, 5.74) is 6.06. The zero-order valence-corrected chi connectivity index (χ0v) is 32.9. The molecule has 0 bridgehead atoms. The monoisotopic (exact) mass is 793 g/mol. The van der Waals surface area contributed by atoms with Crippen LogP contribution in [-0.4, -0.2) is 124 Å². The molecule has 0 aromatic heterocycles. The Bertz CT molecular complexity index is 1510. The van der Waals surface area contributed by atoms with Crippen LogP contribution in [0.2, 0.25) is 0 Å². The molecule has 5 atom stereocenters. The van der Waals surface area contributed by atoms with Crippen LogP contribution in [0.1, 0.15) is 65.4 Å². The first-order chi connectivity index (χ1) is 25.8. The maximum absolute atomic E-state index is 14.0. The van der Waals surface area contributed by atoms with E-state index in [1.165, 1.54) is 18.8 Å². The van der Waals surface area contributed by atoms with Gasteiger partial charge in [-0.15, -0.1) is 0 Å². The Morgan fingerprint density at radius 3 is 1.85 bits per heavy atom. The maximum Gasteiger partial charge on any atom is 0.305 e. The summed E-state index contributed by atoms with van der Waals surface area (Å²) in [6.07, 6.45) is 0.327. The molecule has 306 valence electrons. The number of hydrogen-bond donors (Lipinski definition) is 8. The van der Waals surface area contributed by atoms with Gasteiger partial charge in [-0.3, -0.25) is 43.2 Å². The van der Waals surface area contributed by atoms with Crippen LogP contribution in [0.3, 0.4) is 0 Å². The van der Waals surface area contributed by atoms with Crippen LogP contribution >= 0.6 is 11.8 Å². The number of carboxylic acid groups (broad SMARTS) is 2. The first kappa shape index (κ1) is 47.8. The Kier molecular flexibility index (Phi) is 21.1. The zero-order valence-electron chi connectivity index (χ0n) is 32.1. The molecule has 1 aromatic rings. The number of nitrogens with zero attached hydrogens (tertiary/aromatic N) is 1. The van der Waals surface area contributed by atoms with E-state index in [0.717, 1.165) is 4.90 Å². The second-order valence-electron chi connectivity index (χ2n) is 13.7. The van der Waals surface area contributed by atoms with Crippen molar-refractivity contribution < 1.29 is 53.4 Å². The predicted molar refractivity (Wildman–Crippen MR) is 203 cm³/mol. The highest BCUT2D eigenvalue weighted by molar-refractivity contribution is 7.98. The fraction of sp³-hybridized carbons (Fsp3) is 0.583. The molecule has 9 N–H and O–H groups in total. The van der Waals surface area contributed by atoms with Gasteiger partial charge in [0.15, 0.2) is 0 Å². The van der Waals surface area contributed by atoms with E-state index in [9.17, 15) is 48.3 Å². The summed E-state index contributed by atoms with van der Waals surface area (Å²) in [7, 11) is 1.33. The van der Waals surface area contributed by atoms with E-state index >= 15 is 0 Å². The van der Waals surface area contributed by atoms with Crippen molar-refractivity contribution in [2.45, 2.75) is 96.4 Å². The van der Waals surface area contributed by atoms with Crippen molar-refractivity contribution in [3.05, 3.63) is 35.9 Å². The molecule has 0 aliphatic heterocycles. The largest absolute Gasteiger partial charge is 0.481 e. The number of rotatable bonds is 25. The lowest BCUT2D eigenvalue weighted by Gasteiger charge is -2.33. The Labute approximate surface area is 324 Å². The molecule has 0 unspecified atom stereocenters. The number of likely N-dealkylation sites (N-methyl/N-ethyl adjacent to an activating group) is 1. The molecule has 55 heavy (non-hydrogen) atoms. The van der Waals surface area contributed by atoms with Crippen molar-refractivity contribution in [3.8, 4) is 0 Å². The van der Waals surface area contributed by atoms with Crippen molar-refractivity contribution in [3.63, 3.8) is 0 Å². The molecule has 0 aliphatic carbocycles. The number of primary amides is 1. The van der Waals surface area contributed by atoms with Crippen molar-refractivity contribution in [2.24, 2.45) is 17.6 Å². The molecule has 0 aliphatic rings. The van der Waals surface area contributed by atoms with E-state index in [4.69, 9.17) is 10.8 Å². The van der Waals surface area contributed by atoms with Gasteiger partial charge in [-0.25, -0.2) is 0 Å². The van der Waals surface area contributed by atoms with Crippen LogP contribution in [0.4, 0.5) is 0 Å². The Morgan fingerprint density at radius 2 is 1.33 bits per heavy atom. The van der Waals surface area contributed by atoms with Gasteiger partial charge in [-0.2, -0.15) is 11.8 Å². The topological polar surface area (TPSA) is 283 Å². The molecule has 0 heterocycles. The number of carboxylic acids is 2. The fourth-order valence-electron chi connectivity index (χ4n) is 5.52. The lowest BCUT2D eigenvalue weighted by Crippen LogP contribution is -2.59. The number of carbonyl (C=O) groups is 9. The van der Waals surface area contributed by atoms with Crippen molar-refractivity contribution in [2.75, 3.05) is 25.6 Å². The average Bonchev–Trinajstić information content (AvgIpc) is 3.10. The van der Waals surface area contributed by atoms with Gasteiger partial charge in [0.2, 0.25) is 41.4 Å². The number of carbonyl (C=O) groups excluding carboxylic acids is 7. The summed E-state index contributed by atoms with van der Waals surface area (Å²) in [5.74, 6) is -8.14. The van der Waals surface area contributed by atoms with Gasteiger partial charge < -0.3 is 47.4 Å². The summed E-state index contributed by atoms with van der Waals surface area (Å²) in [6, 6.07) is 2.33. The molecule has 0 fully saturated rings. The molecular formula is C36H55N7O11S. The van der Waals surface area contributed by atoms with Crippen LogP contribution in [0, 0.1) is 11.8 Å². The molecule has 7 amide bonds. The number of nitrogens with one attached hydrogen (secondary N) is 5. The van der Waals surface area contributed by atoms with Gasteiger partial charge in [-0.05, 0) is 42.2 Å². The van der Waals surface area contributed by atoms with Gasteiger partial charge in [0.25, 0.3) is 0 Å². The van der Waals surface area contributed by atoms with Gasteiger partial charge in [0, 0.05) is 19.9 Å². The highest BCUT2D eigenvalue weighted by atomic mass is 32.2. The molecule has 0 radical (unpaired) electrons. The van der Waals surface area contributed by atoms with E-state index in [2.05, 4.69) is 26.6 Å². The van der Waals surface area contributed by atoms with Gasteiger partial charge in [-0.1, -0.05) is 58.0 Å². The number of amides is 7. The van der Waals surface area contributed by atoms with E-state index in [0.29, 0.717) is 17.7 Å². The third-order valence-electron chi connectivity index (χ3n) is 8.21. The Hall–Kier alpha value is -5.20. The highest BCUT2D eigenvalue weighted by Crippen LogP contribution is 2.14. The molecule has 0 spiro atoms. The minimum absolute atomic E-state index is 0.0363. The number of benzene rings is 1. The molecular weight excluding hydrogens is 739 g/mol. The van der Waals surface area contributed by atoms with E-state index in [-0.39, 0.29) is 18.8 Å². The quantitative estimate of drug-likeness (QED) is 0.0616. The van der Waals surface area contributed by atoms with E-state index < -0.39 is 115 Å². The second-order valence-corrected chi connectivity index (χ2v) is 14.7. The lowest BCUT2D eigenvalue weighted by atomic mass is 9.98. The predicted octanol–water partition coefficient (Wildman–Crippen LogP) is -0.608. The molecule has 1 aromatic carbocycles. The van der Waals surface area contributed by atoms with Crippen molar-refractivity contribution in [1.82, 2.24) is 31.5 Å². The van der Waals surface area contributed by atoms with Crippen LogP contribution in [0.25, 0.3) is 0 Å². The second kappa shape index (κ2) is 24.3. The Balaban J connectivity index is 3.21. The minimum Gasteiger partial charge on any atom is -0.481 e. The summed E-state index contributed by atoms with van der Waals surface area (Å²) in [5, 5.41) is 30.7. The smallest absolute Gasteiger partial charge is 0.305 e. The van der Waals surface area contributed by atoms with Gasteiger partial charge >= 0.3 is 11.9 Å². The molecule has 0 saturated heterocycles. The normalized spacial score (nSPS) is 13.7. The summed E-state index contributed by atoms with van der Waals surface area (Å²) in [6.45, 7) is 6.42. The van der Waals surface area contributed by atoms with Crippen LogP contribution in [0.15, 0.2) is 30.3 Å². The zero-order chi connectivity index (χ0) is 41.8. The van der Waals surface area contributed by atoms with Crippen LogP contribution in [0.5, 0.6) is 0 Å². The lowest BCUT2D eigenvalue weighted by molar-refractivity contribution is -0.144. The van der Waals surface area contributed by atoms with Crippen LogP contribution in [-0.2, 0) is 49.6 Å². The van der Waals surface area contributed by atoms with E-state index in [1.54, 1.807) is 44.2 Å². The number of hydrogen-bond acceptors (Lipinski definition) is 10.